The lowest BCUT2D eigenvalue weighted by Crippen LogP contribution is -2.25. The van der Waals surface area contributed by atoms with Crippen LogP contribution in [0.1, 0.15) is 30.1 Å². The van der Waals surface area contributed by atoms with E-state index in [4.69, 9.17) is 9.47 Å². The number of nitrogens with one attached hydrogen (secondary N) is 1. The quantitative estimate of drug-likeness (QED) is 0.470. The molecule has 1 aromatic carbocycles. The van der Waals surface area contributed by atoms with Crippen LogP contribution in [0.4, 0.5) is 5.69 Å². The minimum absolute atomic E-state index is 0.0382. The van der Waals surface area contributed by atoms with Crippen LogP contribution in [-0.2, 0) is 0 Å². The van der Waals surface area contributed by atoms with E-state index in [1.165, 1.54) is 26.4 Å². The monoisotopic (exact) mass is 282 g/mol. The molecule has 1 amide bonds. The first-order chi connectivity index (χ1) is 9.54. The molecule has 0 aliphatic rings. The van der Waals surface area contributed by atoms with Gasteiger partial charge in [-0.05, 0) is 6.42 Å². The highest BCUT2D eigenvalue weighted by molar-refractivity contribution is 5.99. The lowest BCUT2D eigenvalue weighted by Gasteiger charge is -2.10. The molecule has 0 spiro atoms. The van der Waals surface area contributed by atoms with Crippen LogP contribution >= 0.6 is 0 Å². The van der Waals surface area contributed by atoms with Gasteiger partial charge in [0, 0.05) is 12.6 Å². The summed E-state index contributed by atoms with van der Waals surface area (Å²) in [7, 11) is 2.78. The summed E-state index contributed by atoms with van der Waals surface area (Å²) in [6.45, 7) is 2.46. The zero-order chi connectivity index (χ0) is 15.1. The average molecular weight is 282 g/mol. The Labute approximate surface area is 117 Å². The molecule has 110 valence electrons. The summed E-state index contributed by atoms with van der Waals surface area (Å²) in [5, 5.41) is 13.7. The molecule has 20 heavy (non-hydrogen) atoms. The van der Waals surface area contributed by atoms with Gasteiger partial charge in [-0.25, -0.2) is 0 Å². The summed E-state index contributed by atoms with van der Waals surface area (Å²) in [6, 6.07) is 2.51. The second kappa shape index (κ2) is 7.32. The maximum Gasteiger partial charge on any atom is 0.286 e. The number of hydrogen-bond acceptors (Lipinski definition) is 5. The predicted molar refractivity (Wildman–Crippen MR) is 73.4 cm³/mol. The van der Waals surface area contributed by atoms with Gasteiger partial charge in [0.05, 0.1) is 25.2 Å². The van der Waals surface area contributed by atoms with Gasteiger partial charge in [-0.3, -0.25) is 14.9 Å². The first kappa shape index (κ1) is 15.7. The number of hydrogen-bond donors (Lipinski definition) is 1. The number of nitro groups is 1. The molecule has 0 atom stereocenters. The lowest BCUT2D eigenvalue weighted by atomic mass is 10.1. The first-order valence-electron chi connectivity index (χ1n) is 6.23. The van der Waals surface area contributed by atoms with Crippen LogP contribution < -0.4 is 14.8 Å². The molecule has 7 nitrogen and oxygen atoms in total. The molecule has 1 N–H and O–H groups in total. The Balaban J connectivity index is 3.15. The average Bonchev–Trinajstić information content (AvgIpc) is 2.45. The largest absolute Gasteiger partial charge is 0.493 e. The molecule has 0 aliphatic heterocycles. The van der Waals surface area contributed by atoms with E-state index < -0.39 is 10.8 Å². The van der Waals surface area contributed by atoms with E-state index in [1.807, 2.05) is 6.92 Å². The Morgan fingerprint density at radius 3 is 2.40 bits per heavy atom. The van der Waals surface area contributed by atoms with Gasteiger partial charge in [0.1, 0.15) is 5.56 Å². The van der Waals surface area contributed by atoms with Crippen molar-refractivity contribution in [3.05, 3.63) is 27.8 Å². The summed E-state index contributed by atoms with van der Waals surface area (Å²) in [4.78, 5) is 22.4. The van der Waals surface area contributed by atoms with Gasteiger partial charge in [-0.1, -0.05) is 13.3 Å². The second-order valence-electron chi connectivity index (χ2n) is 4.09. The molecule has 0 heterocycles. The standard InChI is InChI=1S/C13H18N2O5/c1-4-5-6-14-13(16)9-7-11(19-2)12(20-3)8-10(9)15(17)18/h7-8H,4-6H2,1-3H3,(H,14,16). The molecule has 0 saturated carbocycles. The first-order valence-corrected chi connectivity index (χ1v) is 6.23. The van der Waals surface area contributed by atoms with Crippen LogP contribution in [0.5, 0.6) is 11.5 Å². The number of ether oxygens (including phenoxy) is 2. The van der Waals surface area contributed by atoms with Crippen molar-refractivity contribution >= 4 is 11.6 Å². The van der Waals surface area contributed by atoms with Crippen LogP contribution in [0.3, 0.4) is 0 Å². The predicted octanol–water partition coefficient (Wildman–Crippen LogP) is 2.14. The number of benzene rings is 1. The highest BCUT2D eigenvalue weighted by Gasteiger charge is 2.24. The molecule has 0 aromatic heterocycles. The van der Waals surface area contributed by atoms with E-state index in [2.05, 4.69) is 5.32 Å². The Morgan fingerprint density at radius 2 is 1.90 bits per heavy atom. The number of amides is 1. The fraction of sp³-hybridized carbons (Fsp3) is 0.462. The third-order valence-corrected chi connectivity index (χ3v) is 2.76. The molecule has 1 rings (SSSR count). The number of nitro benzene ring substituents is 1. The molecule has 0 aliphatic carbocycles. The number of rotatable bonds is 7. The highest BCUT2D eigenvalue weighted by Crippen LogP contribution is 2.34. The van der Waals surface area contributed by atoms with E-state index in [9.17, 15) is 14.9 Å². The minimum atomic E-state index is -0.614. The van der Waals surface area contributed by atoms with E-state index in [0.717, 1.165) is 12.8 Å². The van der Waals surface area contributed by atoms with Gasteiger partial charge in [0.25, 0.3) is 11.6 Å². The van der Waals surface area contributed by atoms with Gasteiger partial charge in [0.15, 0.2) is 11.5 Å². The van der Waals surface area contributed by atoms with Crippen LogP contribution in [0, 0.1) is 10.1 Å². The molecule has 7 heteroatoms. The summed E-state index contributed by atoms with van der Waals surface area (Å²) < 4.78 is 10.1. The molecular weight excluding hydrogens is 264 g/mol. The van der Waals surface area contributed by atoms with Gasteiger partial charge in [-0.15, -0.1) is 0 Å². The van der Waals surface area contributed by atoms with E-state index >= 15 is 0 Å². The van der Waals surface area contributed by atoms with Crippen LogP contribution in [0.2, 0.25) is 0 Å². The molecule has 0 radical (unpaired) electrons. The smallest absolute Gasteiger partial charge is 0.286 e. The molecule has 1 aromatic rings. The molecular formula is C13H18N2O5. The third-order valence-electron chi connectivity index (χ3n) is 2.76. The molecule has 0 unspecified atom stereocenters. The second-order valence-corrected chi connectivity index (χ2v) is 4.09. The van der Waals surface area contributed by atoms with Crippen molar-refractivity contribution in [3.8, 4) is 11.5 Å². The maximum atomic E-state index is 12.0. The third kappa shape index (κ3) is 3.59. The van der Waals surface area contributed by atoms with Crippen molar-refractivity contribution in [1.29, 1.82) is 0 Å². The number of unbranched alkanes of at least 4 members (excludes halogenated alkanes) is 1. The van der Waals surface area contributed by atoms with E-state index in [1.54, 1.807) is 0 Å². The van der Waals surface area contributed by atoms with Crippen LogP contribution in [0.15, 0.2) is 12.1 Å². The van der Waals surface area contributed by atoms with Crippen molar-refractivity contribution in [2.45, 2.75) is 19.8 Å². The topological polar surface area (TPSA) is 90.7 Å². The van der Waals surface area contributed by atoms with E-state index in [-0.39, 0.29) is 22.7 Å². The van der Waals surface area contributed by atoms with Crippen molar-refractivity contribution < 1.29 is 19.2 Å². The lowest BCUT2D eigenvalue weighted by molar-refractivity contribution is -0.385. The zero-order valence-corrected chi connectivity index (χ0v) is 11.8. The zero-order valence-electron chi connectivity index (χ0n) is 11.8. The number of nitrogens with zero attached hydrogens (tertiary/aromatic N) is 1. The number of methoxy groups -OCH3 is 2. The van der Waals surface area contributed by atoms with Gasteiger partial charge in [-0.2, -0.15) is 0 Å². The molecule has 0 bridgehead atoms. The van der Waals surface area contributed by atoms with Gasteiger partial charge in [0.2, 0.25) is 0 Å². The van der Waals surface area contributed by atoms with Crippen molar-refractivity contribution in [2.75, 3.05) is 20.8 Å². The van der Waals surface area contributed by atoms with Crippen LogP contribution in [-0.4, -0.2) is 31.6 Å². The van der Waals surface area contributed by atoms with Crippen molar-refractivity contribution in [2.24, 2.45) is 0 Å². The normalized spacial score (nSPS) is 9.95. The fourth-order valence-electron chi connectivity index (χ4n) is 1.68. The SMILES string of the molecule is CCCCNC(=O)c1cc(OC)c(OC)cc1[N+](=O)[O-]. The number of carbonyl (C=O) groups is 1. The van der Waals surface area contributed by atoms with Gasteiger partial charge < -0.3 is 14.8 Å². The maximum absolute atomic E-state index is 12.0. The Bertz CT molecular complexity index is 502. The summed E-state index contributed by atoms with van der Waals surface area (Å²) in [6.07, 6.45) is 1.74. The number of carbonyl (C=O) groups excluding carboxylic acids is 1. The molecule has 0 saturated heterocycles. The summed E-state index contributed by atoms with van der Waals surface area (Å²) >= 11 is 0. The molecule has 0 fully saturated rings. The van der Waals surface area contributed by atoms with Gasteiger partial charge >= 0.3 is 0 Å². The highest BCUT2D eigenvalue weighted by atomic mass is 16.6. The summed E-state index contributed by atoms with van der Waals surface area (Å²) in [5.41, 5.74) is -0.347. The van der Waals surface area contributed by atoms with Crippen LogP contribution in [0.25, 0.3) is 0 Å². The van der Waals surface area contributed by atoms with Crippen molar-refractivity contribution in [1.82, 2.24) is 5.32 Å². The minimum Gasteiger partial charge on any atom is -0.493 e. The summed E-state index contributed by atoms with van der Waals surface area (Å²) in [5.74, 6) is -0.00541. The fourth-order valence-corrected chi connectivity index (χ4v) is 1.68. The van der Waals surface area contributed by atoms with E-state index in [0.29, 0.717) is 6.54 Å². The Morgan fingerprint density at radius 1 is 1.30 bits per heavy atom. The Hall–Kier alpha value is -2.31. The van der Waals surface area contributed by atoms with Crippen molar-refractivity contribution in [3.63, 3.8) is 0 Å². The Kier molecular flexibility index (Phi) is 5.76.